The van der Waals surface area contributed by atoms with Crippen molar-refractivity contribution in [1.29, 1.82) is 0 Å². The zero-order chi connectivity index (χ0) is 14.5. The van der Waals surface area contributed by atoms with Gasteiger partial charge in [-0.2, -0.15) is 0 Å². The molecular formula is C15H18N4O. The zero-order valence-corrected chi connectivity index (χ0v) is 11.8. The van der Waals surface area contributed by atoms with E-state index in [-0.39, 0.29) is 5.91 Å². The Morgan fingerprint density at radius 2 is 1.80 bits per heavy atom. The molecule has 2 rings (SSSR count). The monoisotopic (exact) mass is 270 g/mol. The standard InChI is InChI=1S/C15H18N4O/c1-16-14-6-4-5-13(18-14)15(20)17-11-7-9-12(10-8-11)19(2)3/h4-10H,1-3H3,(H,16,18)(H,17,20). The highest BCUT2D eigenvalue weighted by Gasteiger charge is 2.08. The SMILES string of the molecule is CNc1cccc(C(=O)Nc2ccc(N(C)C)cc2)n1. The Morgan fingerprint density at radius 1 is 1.10 bits per heavy atom. The summed E-state index contributed by atoms with van der Waals surface area (Å²) in [4.78, 5) is 18.3. The molecule has 0 fully saturated rings. The molecule has 0 aliphatic heterocycles. The van der Waals surface area contributed by atoms with Crippen LogP contribution in [0.4, 0.5) is 17.2 Å². The molecule has 0 aliphatic carbocycles. The molecule has 2 N–H and O–H groups in total. The molecule has 0 atom stereocenters. The maximum atomic E-state index is 12.1. The molecule has 0 spiro atoms. The third-order valence-electron chi connectivity index (χ3n) is 2.88. The fourth-order valence-corrected chi connectivity index (χ4v) is 1.74. The topological polar surface area (TPSA) is 57.3 Å². The van der Waals surface area contributed by atoms with E-state index in [4.69, 9.17) is 0 Å². The summed E-state index contributed by atoms with van der Waals surface area (Å²) >= 11 is 0. The smallest absolute Gasteiger partial charge is 0.274 e. The summed E-state index contributed by atoms with van der Waals surface area (Å²) < 4.78 is 0. The number of anilines is 3. The van der Waals surface area contributed by atoms with Gasteiger partial charge in [-0.05, 0) is 36.4 Å². The molecule has 5 heteroatoms. The Labute approximate surface area is 118 Å². The van der Waals surface area contributed by atoms with E-state index in [0.29, 0.717) is 11.5 Å². The van der Waals surface area contributed by atoms with Gasteiger partial charge >= 0.3 is 0 Å². The molecule has 1 heterocycles. The quantitative estimate of drug-likeness (QED) is 0.896. The van der Waals surface area contributed by atoms with E-state index in [1.54, 1.807) is 19.2 Å². The first-order valence-corrected chi connectivity index (χ1v) is 6.33. The number of nitrogens with one attached hydrogen (secondary N) is 2. The van der Waals surface area contributed by atoms with Crippen molar-refractivity contribution in [2.24, 2.45) is 0 Å². The summed E-state index contributed by atoms with van der Waals surface area (Å²) in [6, 6.07) is 12.9. The van der Waals surface area contributed by atoms with Gasteiger partial charge in [0.05, 0.1) is 0 Å². The van der Waals surface area contributed by atoms with Crippen LogP contribution in [-0.4, -0.2) is 32.0 Å². The van der Waals surface area contributed by atoms with E-state index in [1.165, 1.54) is 0 Å². The van der Waals surface area contributed by atoms with Gasteiger partial charge in [-0.3, -0.25) is 4.79 Å². The molecule has 104 valence electrons. The first-order chi connectivity index (χ1) is 9.60. The van der Waals surface area contributed by atoms with Crippen molar-refractivity contribution in [3.8, 4) is 0 Å². The van der Waals surface area contributed by atoms with Gasteiger partial charge in [-0.1, -0.05) is 6.07 Å². The Bertz CT molecular complexity index is 593. The number of nitrogens with zero attached hydrogens (tertiary/aromatic N) is 2. The largest absolute Gasteiger partial charge is 0.378 e. The highest BCUT2D eigenvalue weighted by atomic mass is 16.1. The summed E-state index contributed by atoms with van der Waals surface area (Å²) in [7, 11) is 5.71. The van der Waals surface area contributed by atoms with Crippen molar-refractivity contribution in [2.45, 2.75) is 0 Å². The Morgan fingerprint density at radius 3 is 2.40 bits per heavy atom. The van der Waals surface area contributed by atoms with Crippen LogP contribution >= 0.6 is 0 Å². The number of rotatable bonds is 4. The van der Waals surface area contributed by atoms with Crippen molar-refractivity contribution in [2.75, 3.05) is 36.7 Å². The van der Waals surface area contributed by atoms with E-state index in [0.717, 1.165) is 11.4 Å². The predicted molar refractivity (Wildman–Crippen MR) is 82.5 cm³/mol. The fraction of sp³-hybridized carbons (Fsp3) is 0.200. The van der Waals surface area contributed by atoms with Crippen LogP contribution in [0.25, 0.3) is 0 Å². The van der Waals surface area contributed by atoms with Crippen molar-refractivity contribution in [3.63, 3.8) is 0 Å². The second-order valence-electron chi connectivity index (χ2n) is 4.55. The number of hydrogen-bond acceptors (Lipinski definition) is 4. The summed E-state index contributed by atoms with van der Waals surface area (Å²) in [5.74, 6) is 0.445. The molecule has 2 aromatic rings. The summed E-state index contributed by atoms with van der Waals surface area (Å²) in [6.07, 6.45) is 0. The minimum Gasteiger partial charge on any atom is -0.378 e. The fourth-order valence-electron chi connectivity index (χ4n) is 1.74. The highest BCUT2D eigenvalue weighted by molar-refractivity contribution is 6.03. The first-order valence-electron chi connectivity index (χ1n) is 6.33. The average molecular weight is 270 g/mol. The second kappa shape index (κ2) is 6.06. The highest BCUT2D eigenvalue weighted by Crippen LogP contribution is 2.16. The number of benzene rings is 1. The lowest BCUT2D eigenvalue weighted by Gasteiger charge is -2.13. The van der Waals surface area contributed by atoms with Gasteiger partial charge < -0.3 is 15.5 Å². The second-order valence-corrected chi connectivity index (χ2v) is 4.55. The van der Waals surface area contributed by atoms with Crippen LogP contribution in [0.15, 0.2) is 42.5 Å². The number of pyridine rings is 1. The molecule has 0 saturated heterocycles. The maximum absolute atomic E-state index is 12.1. The van der Waals surface area contributed by atoms with Gasteiger partial charge in [-0.15, -0.1) is 0 Å². The maximum Gasteiger partial charge on any atom is 0.274 e. The lowest BCUT2D eigenvalue weighted by Crippen LogP contribution is -2.14. The summed E-state index contributed by atoms with van der Waals surface area (Å²) in [5.41, 5.74) is 2.21. The molecule has 0 radical (unpaired) electrons. The van der Waals surface area contributed by atoms with Crippen LogP contribution in [0.3, 0.4) is 0 Å². The van der Waals surface area contributed by atoms with E-state index in [1.807, 2.05) is 49.3 Å². The van der Waals surface area contributed by atoms with E-state index >= 15 is 0 Å². The third kappa shape index (κ3) is 3.26. The number of amides is 1. The van der Waals surface area contributed by atoms with Gasteiger partial charge in [0.25, 0.3) is 5.91 Å². The lowest BCUT2D eigenvalue weighted by molar-refractivity contribution is 0.102. The number of carbonyl (C=O) groups is 1. The summed E-state index contributed by atoms with van der Waals surface area (Å²) in [6.45, 7) is 0. The molecule has 0 unspecified atom stereocenters. The van der Waals surface area contributed by atoms with Crippen molar-refractivity contribution >= 4 is 23.1 Å². The lowest BCUT2D eigenvalue weighted by atomic mass is 10.2. The molecule has 0 bridgehead atoms. The minimum atomic E-state index is -0.222. The van der Waals surface area contributed by atoms with Crippen LogP contribution in [0.5, 0.6) is 0 Å². The Kier molecular flexibility index (Phi) is 4.20. The van der Waals surface area contributed by atoms with Gasteiger partial charge in [-0.25, -0.2) is 4.98 Å². The number of hydrogen-bond donors (Lipinski definition) is 2. The van der Waals surface area contributed by atoms with E-state index in [9.17, 15) is 4.79 Å². The zero-order valence-electron chi connectivity index (χ0n) is 11.8. The predicted octanol–water partition coefficient (Wildman–Crippen LogP) is 2.44. The van der Waals surface area contributed by atoms with Crippen LogP contribution in [0.1, 0.15) is 10.5 Å². The molecule has 1 aromatic heterocycles. The molecule has 0 aliphatic rings. The van der Waals surface area contributed by atoms with Gasteiger partial charge in [0.1, 0.15) is 11.5 Å². The average Bonchev–Trinajstić information content (AvgIpc) is 2.47. The number of aromatic nitrogens is 1. The van der Waals surface area contributed by atoms with Gasteiger partial charge in [0.2, 0.25) is 0 Å². The van der Waals surface area contributed by atoms with E-state index < -0.39 is 0 Å². The Balaban J connectivity index is 2.10. The van der Waals surface area contributed by atoms with Crippen LogP contribution in [0, 0.1) is 0 Å². The minimum absolute atomic E-state index is 0.222. The van der Waals surface area contributed by atoms with Gasteiger partial charge in [0.15, 0.2) is 0 Å². The van der Waals surface area contributed by atoms with Crippen molar-refractivity contribution in [1.82, 2.24) is 4.98 Å². The molecule has 1 aromatic carbocycles. The molecule has 5 nitrogen and oxygen atoms in total. The molecular weight excluding hydrogens is 252 g/mol. The Hall–Kier alpha value is -2.56. The van der Waals surface area contributed by atoms with Crippen LogP contribution in [-0.2, 0) is 0 Å². The van der Waals surface area contributed by atoms with Crippen LogP contribution < -0.4 is 15.5 Å². The third-order valence-corrected chi connectivity index (χ3v) is 2.88. The van der Waals surface area contributed by atoms with Crippen LogP contribution in [0.2, 0.25) is 0 Å². The molecule has 1 amide bonds. The molecule has 20 heavy (non-hydrogen) atoms. The van der Waals surface area contributed by atoms with E-state index in [2.05, 4.69) is 15.6 Å². The van der Waals surface area contributed by atoms with Crippen molar-refractivity contribution in [3.05, 3.63) is 48.2 Å². The summed E-state index contributed by atoms with van der Waals surface area (Å²) in [5, 5.41) is 5.74. The van der Waals surface area contributed by atoms with Gasteiger partial charge in [0, 0.05) is 32.5 Å². The molecule has 0 saturated carbocycles. The number of carbonyl (C=O) groups excluding carboxylic acids is 1. The van der Waals surface area contributed by atoms with Crippen molar-refractivity contribution < 1.29 is 4.79 Å². The normalized spacial score (nSPS) is 9.95. The first kappa shape index (κ1) is 13.9.